The fourth-order valence-electron chi connectivity index (χ4n) is 1.59. The SMILES string of the molecule is Cc1ccc(C(=N)N)c(Oc2cccc(Cl)c2)c1. The van der Waals surface area contributed by atoms with Crippen LogP contribution in [0.1, 0.15) is 11.1 Å². The number of ether oxygens (including phenoxy) is 1. The molecule has 3 nitrogen and oxygen atoms in total. The van der Waals surface area contributed by atoms with E-state index >= 15 is 0 Å². The first-order chi connectivity index (χ1) is 8.56. The Morgan fingerprint density at radius 2 is 2.00 bits per heavy atom. The topological polar surface area (TPSA) is 59.1 Å². The van der Waals surface area contributed by atoms with Gasteiger partial charge in [0.1, 0.15) is 17.3 Å². The number of hydrogen-bond donors (Lipinski definition) is 2. The molecule has 0 amide bonds. The van der Waals surface area contributed by atoms with Crippen LogP contribution >= 0.6 is 11.6 Å². The monoisotopic (exact) mass is 260 g/mol. The van der Waals surface area contributed by atoms with Gasteiger partial charge in [-0.25, -0.2) is 0 Å². The summed E-state index contributed by atoms with van der Waals surface area (Å²) in [6.45, 7) is 1.95. The first-order valence-electron chi connectivity index (χ1n) is 5.45. The van der Waals surface area contributed by atoms with E-state index in [2.05, 4.69) is 0 Å². The number of aryl methyl sites for hydroxylation is 1. The fourth-order valence-corrected chi connectivity index (χ4v) is 1.77. The number of nitrogens with one attached hydrogen (secondary N) is 1. The van der Waals surface area contributed by atoms with E-state index in [1.54, 1.807) is 30.3 Å². The van der Waals surface area contributed by atoms with Gasteiger partial charge in [0.05, 0.1) is 5.56 Å². The number of nitrogen functional groups attached to an aromatic ring is 1. The summed E-state index contributed by atoms with van der Waals surface area (Å²) >= 11 is 5.90. The second-order valence-electron chi connectivity index (χ2n) is 3.97. The highest BCUT2D eigenvalue weighted by atomic mass is 35.5. The van der Waals surface area contributed by atoms with Crippen molar-refractivity contribution in [1.29, 1.82) is 5.41 Å². The van der Waals surface area contributed by atoms with Crippen LogP contribution in [0.5, 0.6) is 11.5 Å². The lowest BCUT2D eigenvalue weighted by Gasteiger charge is -2.11. The fraction of sp³-hybridized carbons (Fsp3) is 0.0714. The van der Waals surface area contributed by atoms with Crippen molar-refractivity contribution in [1.82, 2.24) is 0 Å². The molecule has 2 aromatic rings. The molecule has 0 fully saturated rings. The summed E-state index contributed by atoms with van der Waals surface area (Å²) in [7, 11) is 0. The van der Waals surface area contributed by atoms with Gasteiger partial charge in [0, 0.05) is 5.02 Å². The van der Waals surface area contributed by atoms with Crippen molar-refractivity contribution >= 4 is 17.4 Å². The van der Waals surface area contributed by atoms with E-state index in [1.165, 1.54) is 0 Å². The summed E-state index contributed by atoms with van der Waals surface area (Å²) in [5.41, 5.74) is 7.13. The molecular formula is C14H13ClN2O. The Labute approximate surface area is 111 Å². The Balaban J connectivity index is 2.39. The van der Waals surface area contributed by atoms with E-state index in [1.807, 2.05) is 19.1 Å². The largest absolute Gasteiger partial charge is 0.457 e. The van der Waals surface area contributed by atoms with Crippen molar-refractivity contribution in [3.8, 4) is 11.5 Å². The van der Waals surface area contributed by atoms with E-state index in [0.717, 1.165) is 5.56 Å². The molecule has 0 aliphatic rings. The molecule has 0 unspecified atom stereocenters. The van der Waals surface area contributed by atoms with Crippen LogP contribution in [0.15, 0.2) is 42.5 Å². The van der Waals surface area contributed by atoms with Gasteiger partial charge >= 0.3 is 0 Å². The molecule has 0 bridgehead atoms. The molecule has 0 radical (unpaired) electrons. The van der Waals surface area contributed by atoms with Crippen LogP contribution in [-0.4, -0.2) is 5.84 Å². The quantitative estimate of drug-likeness (QED) is 0.653. The van der Waals surface area contributed by atoms with Crippen LogP contribution in [0.25, 0.3) is 0 Å². The van der Waals surface area contributed by atoms with Gasteiger partial charge in [-0.2, -0.15) is 0 Å². The van der Waals surface area contributed by atoms with E-state index < -0.39 is 0 Å². The third-order valence-electron chi connectivity index (χ3n) is 2.45. The first-order valence-corrected chi connectivity index (χ1v) is 5.82. The van der Waals surface area contributed by atoms with Gasteiger partial charge in [0.2, 0.25) is 0 Å². The highest BCUT2D eigenvalue weighted by molar-refractivity contribution is 6.30. The molecule has 0 heterocycles. The average Bonchev–Trinajstić information content (AvgIpc) is 2.28. The van der Waals surface area contributed by atoms with Crippen LogP contribution in [0, 0.1) is 12.3 Å². The number of nitrogens with two attached hydrogens (primary N) is 1. The van der Waals surface area contributed by atoms with E-state index in [0.29, 0.717) is 22.1 Å². The Kier molecular flexibility index (Phi) is 3.53. The lowest BCUT2D eigenvalue weighted by molar-refractivity contribution is 0.481. The Morgan fingerprint density at radius 1 is 1.22 bits per heavy atom. The van der Waals surface area contributed by atoms with Crippen LogP contribution < -0.4 is 10.5 Å². The molecule has 0 spiro atoms. The molecule has 92 valence electrons. The van der Waals surface area contributed by atoms with Crippen molar-refractivity contribution in [3.05, 3.63) is 58.6 Å². The van der Waals surface area contributed by atoms with Crippen molar-refractivity contribution in [2.45, 2.75) is 6.92 Å². The number of hydrogen-bond acceptors (Lipinski definition) is 2. The van der Waals surface area contributed by atoms with Gasteiger partial charge in [0.25, 0.3) is 0 Å². The van der Waals surface area contributed by atoms with Gasteiger partial charge in [0.15, 0.2) is 0 Å². The summed E-state index contributed by atoms with van der Waals surface area (Å²) in [5.74, 6) is 1.16. The molecule has 4 heteroatoms. The first kappa shape index (κ1) is 12.5. The molecule has 2 rings (SSSR count). The third-order valence-corrected chi connectivity index (χ3v) is 2.69. The molecule has 2 aromatic carbocycles. The van der Waals surface area contributed by atoms with Crippen LogP contribution in [0.3, 0.4) is 0 Å². The zero-order valence-electron chi connectivity index (χ0n) is 9.91. The third kappa shape index (κ3) is 2.81. The summed E-state index contributed by atoms with van der Waals surface area (Å²) in [5, 5.41) is 8.13. The number of benzene rings is 2. The Hall–Kier alpha value is -2.00. The molecule has 0 aromatic heterocycles. The molecule has 18 heavy (non-hydrogen) atoms. The summed E-state index contributed by atoms with van der Waals surface area (Å²) < 4.78 is 5.73. The molecule has 3 N–H and O–H groups in total. The zero-order chi connectivity index (χ0) is 13.1. The summed E-state index contributed by atoms with van der Waals surface area (Å²) in [6.07, 6.45) is 0. The standard InChI is InChI=1S/C14H13ClN2O/c1-9-5-6-12(14(16)17)13(7-9)18-11-4-2-3-10(15)8-11/h2-8H,1H3,(H3,16,17). The molecular weight excluding hydrogens is 248 g/mol. The Morgan fingerprint density at radius 3 is 2.67 bits per heavy atom. The second-order valence-corrected chi connectivity index (χ2v) is 4.41. The van der Waals surface area contributed by atoms with Gasteiger partial charge in [-0.1, -0.05) is 23.7 Å². The normalized spacial score (nSPS) is 10.1. The van der Waals surface area contributed by atoms with Crippen molar-refractivity contribution in [2.24, 2.45) is 5.73 Å². The second kappa shape index (κ2) is 5.10. The van der Waals surface area contributed by atoms with Gasteiger partial charge in [-0.3, -0.25) is 5.41 Å². The van der Waals surface area contributed by atoms with E-state index in [-0.39, 0.29) is 5.84 Å². The average molecular weight is 261 g/mol. The summed E-state index contributed by atoms with van der Waals surface area (Å²) in [6, 6.07) is 12.6. The lowest BCUT2D eigenvalue weighted by atomic mass is 10.1. The van der Waals surface area contributed by atoms with E-state index in [4.69, 9.17) is 27.5 Å². The predicted molar refractivity (Wildman–Crippen MR) is 73.7 cm³/mol. The molecule has 0 aliphatic heterocycles. The van der Waals surface area contributed by atoms with Gasteiger partial charge in [-0.15, -0.1) is 0 Å². The van der Waals surface area contributed by atoms with Gasteiger partial charge < -0.3 is 10.5 Å². The smallest absolute Gasteiger partial charge is 0.138 e. The number of halogens is 1. The van der Waals surface area contributed by atoms with Crippen LogP contribution in [-0.2, 0) is 0 Å². The number of rotatable bonds is 3. The van der Waals surface area contributed by atoms with Crippen LogP contribution in [0.4, 0.5) is 0 Å². The zero-order valence-corrected chi connectivity index (χ0v) is 10.7. The van der Waals surface area contributed by atoms with E-state index in [9.17, 15) is 0 Å². The van der Waals surface area contributed by atoms with Crippen LogP contribution in [0.2, 0.25) is 5.02 Å². The summed E-state index contributed by atoms with van der Waals surface area (Å²) in [4.78, 5) is 0. The highest BCUT2D eigenvalue weighted by Gasteiger charge is 2.08. The maximum absolute atomic E-state index is 7.53. The minimum atomic E-state index is -0.0213. The van der Waals surface area contributed by atoms with Crippen molar-refractivity contribution in [3.63, 3.8) is 0 Å². The van der Waals surface area contributed by atoms with Gasteiger partial charge in [-0.05, 0) is 42.8 Å². The molecule has 0 saturated carbocycles. The molecule has 0 saturated heterocycles. The lowest BCUT2D eigenvalue weighted by Crippen LogP contribution is -2.12. The maximum atomic E-state index is 7.53. The maximum Gasteiger partial charge on any atom is 0.138 e. The minimum Gasteiger partial charge on any atom is -0.457 e. The van der Waals surface area contributed by atoms with Crippen molar-refractivity contribution in [2.75, 3.05) is 0 Å². The number of amidine groups is 1. The molecule has 0 aliphatic carbocycles. The molecule has 0 atom stereocenters. The predicted octanol–water partition coefficient (Wildman–Crippen LogP) is 3.72. The minimum absolute atomic E-state index is 0.0213. The Bertz CT molecular complexity index is 596. The highest BCUT2D eigenvalue weighted by Crippen LogP contribution is 2.27. The van der Waals surface area contributed by atoms with Crippen molar-refractivity contribution < 1.29 is 4.74 Å².